The van der Waals surface area contributed by atoms with Crippen LogP contribution in [0.4, 0.5) is 0 Å². The monoisotopic (exact) mass is 367 g/mol. The zero-order valence-electron chi connectivity index (χ0n) is 14.8. The van der Waals surface area contributed by atoms with Crippen molar-refractivity contribution in [2.45, 2.75) is 31.8 Å². The second-order valence-electron chi connectivity index (χ2n) is 7.30. The number of fused-ring (bicyclic) bond motifs is 1. The van der Waals surface area contributed by atoms with E-state index in [1.807, 2.05) is 30.3 Å². The number of nitrogens with zero attached hydrogens (tertiary/aromatic N) is 3. The number of carboxylic acids is 1. The Morgan fingerprint density at radius 3 is 2.63 bits per heavy atom. The maximum Gasteiger partial charge on any atom is 0.326 e. The van der Waals surface area contributed by atoms with Gasteiger partial charge in [-0.2, -0.15) is 5.10 Å². The average molecular weight is 367 g/mol. The molecule has 2 heterocycles. The van der Waals surface area contributed by atoms with Crippen molar-refractivity contribution in [3.05, 3.63) is 64.1 Å². The number of carboxylic acid groups (broad SMARTS) is 1. The van der Waals surface area contributed by atoms with Crippen molar-refractivity contribution in [2.24, 2.45) is 11.8 Å². The number of hydrogen-bond donors (Lipinski definition) is 1. The van der Waals surface area contributed by atoms with Crippen molar-refractivity contribution in [3.8, 4) is 0 Å². The zero-order chi connectivity index (χ0) is 19.0. The Balaban J connectivity index is 1.61. The molecule has 1 aliphatic heterocycles. The van der Waals surface area contributed by atoms with Crippen LogP contribution in [-0.2, 0) is 11.3 Å². The van der Waals surface area contributed by atoms with Crippen molar-refractivity contribution in [1.29, 1.82) is 0 Å². The Kier molecular flexibility index (Phi) is 4.51. The molecule has 7 heteroatoms. The lowest BCUT2D eigenvalue weighted by molar-refractivity contribution is -0.142. The van der Waals surface area contributed by atoms with E-state index in [4.69, 9.17) is 0 Å². The van der Waals surface area contributed by atoms with E-state index in [0.29, 0.717) is 6.54 Å². The molecule has 1 amide bonds. The number of likely N-dealkylation sites (tertiary alicyclic amines) is 1. The molecule has 1 saturated heterocycles. The van der Waals surface area contributed by atoms with E-state index < -0.39 is 17.9 Å². The topological polar surface area (TPSA) is 92.5 Å². The highest BCUT2D eigenvalue weighted by Gasteiger charge is 2.49. The maximum atomic E-state index is 13.0. The summed E-state index contributed by atoms with van der Waals surface area (Å²) < 4.78 is 1.25. The van der Waals surface area contributed by atoms with Crippen LogP contribution in [0.5, 0.6) is 0 Å². The highest BCUT2D eigenvalue weighted by molar-refractivity contribution is 5.95. The molecule has 4 rings (SSSR count). The van der Waals surface area contributed by atoms with Crippen LogP contribution in [0.3, 0.4) is 0 Å². The minimum Gasteiger partial charge on any atom is -0.480 e. The van der Waals surface area contributed by atoms with Crippen LogP contribution >= 0.6 is 0 Å². The fourth-order valence-electron chi connectivity index (χ4n) is 4.41. The number of carbonyl (C=O) groups excluding carboxylic acids is 1. The summed E-state index contributed by atoms with van der Waals surface area (Å²) in [5.41, 5.74) is 0.705. The summed E-state index contributed by atoms with van der Waals surface area (Å²) in [4.78, 5) is 38.3. The molecular formula is C20H21N3O4. The van der Waals surface area contributed by atoms with Crippen LogP contribution in [0.1, 0.15) is 35.3 Å². The van der Waals surface area contributed by atoms with Gasteiger partial charge in [-0.15, -0.1) is 0 Å². The van der Waals surface area contributed by atoms with E-state index >= 15 is 0 Å². The quantitative estimate of drug-likeness (QED) is 0.886. The van der Waals surface area contributed by atoms with Gasteiger partial charge in [0.25, 0.3) is 11.5 Å². The van der Waals surface area contributed by atoms with E-state index in [2.05, 4.69) is 5.10 Å². The van der Waals surface area contributed by atoms with E-state index in [1.54, 1.807) is 0 Å². The highest BCUT2D eigenvalue weighted by atomic mass is 16.4. The molecule has 0 radical (unpaired) electrons. The van der Waals surface area contributed by atoms with Gasteiger partial charge in [0.05, 0.1) is 6.54 Å². The fourth-order valence-corrected chi connectivity index (χ4v) is 4.41. The van der Waals surface area contributed by atoms with Crippen LogP contribution < -0.4 is 5.56 Å². The van der Waals surface area contributed by atoms with Gasteiger partial charge < -0.3 is 10.0 Å². The fraction of sp³-hybridized carbons (Fsp3) is 0.400. The van der Waals surface area contributed by atoms with Crippen LogP contribution in [0.15, 0.2) is 47.3 Å². The molecule has 140 valence electrons. The van der Waals surface area contributed by atoms with Gasteiger partial charge in [0.15, 0.2) is 0 Å². The lowest BCUT2D eigenvalue weighted by Gasteiger charge is -2.24. The predicted octanol–water partition coefficient (Wildman–Crippen LogP) is 1.62. The van der Waals surface area contributed by atoms with Crippen molar-refractivity contribution >= 4 is 11.9 Å². The summed E-state index contributed by atoms with van der Waals surface area (Å²) in [6.45, 7) is 0.703. The molecule has 2 aliphatic rings. The molecular weight excluding hydrogens is 346 g/mol. The van der Waals surface area contributed by atoms with E-state index in [1.165, 1.54) is 21.7 Å². The number of amides is 1. The lowest BCUT2D eigenvalue weighted by Crippen LogP contribution is -2.44. The third-order valence-electron chi connectivity index (χ3n) is 5.67. The van der Waals surface area contributed by atoms with Crippen LogP contribution in [0, 0.1) is 11.8 Å². The Morgan fingerprint density at radius 1 is 1.11 bits per heavy atom. The molecule has 3 atom stereocenters. The highest BCUT2D eigenvalue weighted by Crippen LogP contribution is 2.42. The molecule has 1 aliphatic carbocycles. The number of hydrogen-bond acceptors (Lipinski definition) is 4. The molecule has 0 spiro atoms. The van der Waals surface area contributed by atoms with Crippen LogP contribution in [0.25, 0.3) is 0 Å². The normalized spacial score (nSPS) is 24.0. The first-order chi connectivity index (χ1) is 13.0. The van der Waals surface area contributed by atoms with Gasteiger partial charge in [0.1, 0.15) is 11.7 Å². The third-order valence-corrected chi connectivity index (χ3v) is 5.67. The number of rotatable bonds is 4. The molecule has 1 aromatic heterocycles. The molecule has 1 saturated carbocycles. The second-order valence-corrected chi connectivity index (χ2v) is 7.30. The SMILES string of the molecule is O=C(O)C1C2CCCC2CN1C(=O)c1ccc(=O)n(Cc2ccccc2)n1. The van der Waals surface area contributed by atoms with Gasteiger partial charge in [-0.25, -0.2) is 9.48 Å². The largest absolute Gasteiger partial charge is 0.480 e. The Bertz CT molecular complexity index is 924. The number of carbonyl (C=O) groups is 2. The minimum absolute atomic E-state index is 0.0154. The maximum absolute atomic E-state index is 13.0. The molecule has 1 N–H and O–H groups in total. The Labute approximate surface area is 156 Å². The first-order valence-corrected chi connectivity index (χ1v) is 9.20. The predicted molar refractivity (Wildman–Crippen MR) is 97.3 cm³/mol. The average Bonchev–Trinajstić information content (AvgIpc) is 3.24. The molecule has 2 aromatic rings. The number of benzene rings is 1. The molecule has 27 heavy (non-hydrogen) atoms. The van der Waals surface area contributed by atoms with Crippen molar-refractivity contribution in [3.63, 3.8) is 0 Å². The standard InChI is InChI=1S/C20H21N3O4/c24-17-10-9-16(21-23(17)11-13-5-2-1-3-6-13)19(25)22-12-14-7-4-8-15(14)18(22)20(26)27/h1-3,5-6,9-10,14-15,18H,4,7-8,11-12H2,(H,26,27). The van der Waals surface area contributed by atoms with Crippen molar-refractivity contribution in [2.75, 3.05) is 6.54 Å². The van der Waals surface area contributed by atoms with Crippen molar-refractivity contribution < 1.29 is 14.7 Å². The van der Waals surface area contributed by atoms with E-state index in [-0.39, 0.29) is 29.6 Å². The first kappa shape index (κ1) is 17.5. The van der Waals surface area contributed by atoms with Gasteiger partial charge in [0, 0.05) is 12.6 Å². The summed E-state index contributed by atoms with van der Waals surface area (Å²) in [6.07, 6.45) is 2.81. The van der Waals surface area contributed by atoms with Crippen LogP contribution in [0.2, 0.25) is 0 Å². The Morgan fingerprint density at radius 2 is 1.89 bits per heavy atom. The van der Waals surface area contributed by atoms with E-state index in [0.717, 1.165) is 24.8 Å². The van der Waals surface area contributed by atoms with Gasteiger partial charge in [-0.05, 0) is 36.3 Å². The second kappa shape index (κ2) is 6.98. The minimum atomic E-state index is -0.963. The summed E-state index contributed by atoms with van der Waals surface area (Å²) >= 11 is 0. The third kappa shape index (κ3) is 3.25. The molecule has 2 fully saturated rings. The summed E-state index contributed by atoms with van der Waals surface area (Å²) in [5, 5.41) is 13.9. The smallest absolute Gasteiger partial charge is 0.326 e. The summed E-state index contributed by atoms with van der Waals surface area (Å²) in [6, 6.07) is 11.3. The molecule has 0 bridgehead atoms. The molecule has 1 aromatic carbocycles. The van der Waals surface area contributed by atoms with Gasteiger partial charge >= 0.3 is 5.97 Å². The van der Waals surface area contributed by atoms with Gasteiger partial charge in [-0.3, -0.25) is 9.59 Å². The summed E-state index contributed by atoms with van der Waals surface area (Å²) in [7, 11) is 0. The van der Waals surface area contributed by atoms with Crippen LogP contribution in [-0.4, -0.2) is 44.3 Å². The molecule has 3 unspecified atom stereocenters. The Hall–Kier alpha value is -2.96. The first-order valence-electron chi connectivity index (χ1n) is 9.20. The molecule has 7 nitrogen and oxygen atoms in total. The number of aliphatic carboxylic acids is 1. The van der Waals surface area contributed by atoms with Gasteiger partial charge in [0.2, 0.25) is 0 Å². The number of aromatic nitrogens is 2. The summed E-state index contributed by atoms with van der Waals surface area (Å²) in [5.74, 6) is -1.12. The van der Waals surface area contributed by atoms with Gasteiger partial charge in [-0.1, -0.05) is 36.8 Å². The lowest BCUT2D eigenvalue weighted by atomic mass is 9.94. The van der Waals surface area contributed by atoms with E-state index in [9.17, 15) is 19.5 Å². The van der Waals surface area contributed by atoms with Crippen molar-refractivity contribution in [1.82, 2.24) is 14.7 Å². The zero-order valence-corrected chi connectivity index (χ0v) is 14.8.